The first kappa shape index (κ1) is 15.1. The maximum Gasteiger partial charge on any atom is 0.231 e. The number of aliphatic hydroxyl groups is 2. The number of nitrogens with one attached hydrogen (secondary N) is 1. The van der Waals surface area contributed by atoms with E-state index in [4.69, 9.17) is 19.3 Å². The lowest BCUT2D eigenvalue weighted by atomic mass is 10.1. The van der Waals surface area contributed by atoms with Crippen LogP contribution in [0.15, 0.2) is 18.2 Å². The first-order valence-corrected chi connectivity index (χ1v) is 6.78. The molecule has 1 aliphatic heterocycles. The fraction of sp³-hybridized carbons (Fsp3) is 0.571. The van der Waals surface area contributed by atoms with Gasteiger partial charge in [-0.1, -0.05) is 6.07 Å². The van der Waals surface area contributed by atoms with Crippen molar-refractivity contribution in [1.82, 2.24) is 5.32 Å². The third-order valence-corrected chi connectivity index (χ3v) is 3.00. The van der Waals surface area contributed by atoms with Crippen molar-refractivity contribution in [3.05, 3.63) is 23.8 Å². The fourth-order valence-corrected chi connectivity index (χ4v) is 1.94. The summed E-state index contributed by atoms with van der Waals surface area (Å²) in [4.78, 5) is 0. The van der Waals surface area contributed by atoms with Crippen LogP contribution >= 0.6 is 0 Å². The van der Waals surface area contributed by atoms with Crippen molar-refractivity contribution < 1.29 is 24.4 Å². The van der Waals surface area contributed by atoms with Crippen molar-refractivity contribution in [2.45, 2.75) is 12.5 Å². The molecule has 0 radical (unpaired) electrons. The Bertz CT molecular complexity index is 413. The Hall–Kier alpha value is -1.34. The van der Waals surface area contributed by atoms with Crippen LogP contribution in [0, 0.1) is 0 Å². The normalized spacial score (nSPS) is 14.5. The lowest BCUT2D eigenvalue weighted by Crippen LogP contribution is -2.23. The zero-order valence-corrected chi connectivity index (χ0v) is 11.4. The predicted molar refractivity (Wildman–Crippen MR) is 72.9 cm³/mol. The van der Waals surface area contributed by atoms with Gasteiger partial charge in [0.1, 0.15) is 0 Å². The van der Waals surface area contributed by atoms with Gasteiger partial charge in [0.25, 0.3) is 0 Å². The lowest BCUT2D eigenvalue weighted by molar-refractivity contribution is 0.0899. The summed E-state index contributed by atoms with van der Waals surface area (Å²) in [5.74, 6) is 1.40. The Balaban J connectivity index is 1.66. The van der Waals surface area contributed by atoms with E-state index in [1.165, 1.54) is 0 Å². The first-order valence-electron chi connectivity index (χ1n) is 6.78. The molecule has 1 aromatic rings. The zero-order chi connectivity index (χ0) is 14.2. The van der Waals surface area contributed by atoms with Crippen LogP contribution in [-0.4, -0.2) is 49.9 Å². The molecular weight excluding hydrogens is 262 g/mol. The molecule has 0 fully saturated rings. The van der Waals surface area contributed by atoms with Gasteiger partial charge in [0.05, 0.1) is 19.3 Å². The van der Waals surface area contributed by atoms with Gasteiger partial charge in [-0.2, -0.15) is 0 Å². The highest BCUT2D eigenvalue weighted by molar-refractivity contribution is 5.45. The molecule has 3 N–H and O–H groups in total. The van der Waals surface area contributed by atoms with E-state index in [0.29, 0.717) is 25.5 Å². The molecule has 0 bridgehead atoms. The standard InChI is InChI=1S/C14H21NO5/c16-5-7-18-6-1-4-15-9-12(17)11-2-3-13-14(8-11)20-10-19-13/h2-3,8,12,15-17H,1,4-7,9-10H2. The van der Waals surface area contributed by atoms with E-state index in [0.717, 1.165) is 24.3 Å². The van der Waals surface area contributed by atoms with Crippen molar-refractivity contribution >= 4 is 0 Å². The van der Waals surface area contributed by atoms with Crippen LogP contribution in [0.5, 0.6) is 11.5 Å². The van der Waals surface area contributed by atoms with Gasteiger partial charge in [0.2, 0.25) is 6.79 Å². The van der Waals surface area contributed by atoms with Crippen LogP contribution in [-0.2, 0) is 4.74 Å². The minimum atomic E-state index is -0.581. The van der Waals surface area contributed by atoms with Crippen molar-refractivity contribution in [1.29, 1.82) is 0 Å². The van der Waals surface area contributed by atoms with Gasteiger partial charge in [-0.3, -0.25) is 0 Å². The molecule has 1 heterocycles. The smallest absolute Gasteiger partial charge is 0.231 e. The maximum absolute atomic E-state index is 10.1. The zero-order valence-electron chi connectivity index (χ0n) is 11.4. The average molecular weight is 283 g/mol. The number of ether oxygens (including phenoxy) is 3. The molecule has 1 aromatic carbocycles. The molecular formula is C14H21NO5. The van der Waals surface area contributed by atoms with Gasteiger partial charge in [-0.25, -0.2) is 0 Å². The number of benzene rings is 1. The first-order chi connectivity index (χ1) is 9.81. The monoisotopic (exact) mass is 283 g/mol. The van der Waals surface area contributed by atoms with Gasteiger partial charge >= 0.3 is 0 Å². The summed E-state index contributed by atoms with van der Waals surface area (Å²) in [5.41, 5.74) is 0.804. The Morgan fingerprint density at radius 1 is 1.25 bits per heavy atom. The SMILES string of the molecule is OCCOCCCNCC(O)c1ccc2c(c1)OCO2. The van der Waals surface area contributed by atoms with Gasteiger partial charge in [-0.05, 0) is 30.7 Å². The van der Waals surface area contributed by atoms with E-state index in [1.54, 1.807) is 6.07 Å². The summed E-state index contributed by atoms with van der Waals surface area (Å²) >= 11 is 0. The minimum absolute atomic E-state index is 0.0518. The third-order valence-electron chi connectivity index (χ3n) is 3.00. The predicted octanol–water partition coefficient (Wildman–Crippen LogP) is 0.437. The van der Waals surface area contributed by atoms with E-state index in [9.17, 15) is 5.11 Å². The second-order valence-electron chi connectivity index (χ2n) is 4.52. The second-order valence-corrected chi connectivity index (χ2v) is 4.52. The summed E-state index contributed by atoms with van der Waals surface area (Å²) in [5, 5.41) is 21.8. The summed E-state index contributed by atoms with van der Waals surface area (Å²) in [6.07, 6.45) is 0.260. The highest BCUT2D eigenvalue weighted by Gasteiger charge is 2.16. The number of hydrogen-bond donors (Lipinski definition) is 3. The molecule has 1 unspecified atom stereocenters. The van der Waals surface area contributed by atoms with Crippen LogP contribution in [0.3, 0.4) is 0 Å². The van der Waals surface area contributed by atoms with Crippen LogP contribution in [0.1, 0.15) is 18.1 Å². The molecule has 1 atom stereocenters. The Morgan fingerprint density at radius 2 is 2.10 bits per heavy atom. The van der Waals surface area contributed by atoms with Gasteiger partial charge in [0, 0.05) is 13.2 Å². The fourth-order valence-electron chi connectivity index (χ4n) is 1.94. The van der Waals surface area contributed by atoms with Crippen LogP contribution in [0.2, 0.25) is 0 Å². The molecule has 6 heteroatoms. The van der Waals surface area contributed by atoms with Crippen molar-refractivity contribution in [3.63, 3.8) is 0 Å². The molecule has 0 aliphatic carbocycles. The summed E-state index contributed by atoms with van der Waals surface area (Å²) in [6.45, 7) is 2.50. The largest absolute Gasteiger partial charge is 0.454 e. The number of fused-ring (bicyclic) bond motifs is 1. The van der Waals surface area contributed by atoms with Crippen molar-refractivity contribution in [3.8, 4) is 11.5 Å². The summed E-state index contributed by atoms with van der Waals surface area (Å²) in [6, 6.07) is 5.45. The molecule has 20 heavy (non-hydrogen) atoms. The molecule has 2 rings (SSSR count). The van der Waals surface area contributed by atoms with Gasteiger partial charge < -0.3 is 29.7 Å². The molecule has 0 saturated heterocycles. The Kier molecular flexibility index (Phi) is 6.07. The molecule has 1 aliphatic rings. The van der Waals surface area contributed by atoms with Crippen LogP contribution in [0.25, 0.3) is 0 Å². The van der Waals surface area contributed by atoms with Crippen molar-refractivity contribution in [2.75, 3.05) is 39.7 Å². The maximum atomic E-state index is 10.1. The minimum Gasteiger partial charge on any atom is -0.454 e. The van der Waals surface area contributed by atoms with Gasteiger partial charge in [0.15, 0.2) is 11.5 Å². The van der Waals surface area contributed by atoms with Crippen LogP contribution in [0.4, 0.5) is 0 Å². The third kappa shape index (κ3) is 4.35. The van der Waals surface area contributed by atoms with E-state index in [-0.39, 0.29) is 13.4 Å². The van der Waals surface area contributed by atoms with E-state index < -0.39 is 6.10 Å². The Labute approximate surface area is 118 Å². The number of hydrogen-bond acceptors (Lipinski definition) is 6. The van der Waals surface area contributed by atoms with Crippen molar-refractivity contribution in [2.24, 2.45) is 0 Å². The van der Waals surface area contributed by atoms with E-state index in [2.05, 4.69) is 5.32 Å². The molecule has 0 aromatic heterocycles. The number of rotatable bonds is 9. The molecule has 6 nitrogen and oxygen atoms in total. The molecule has 112 valence electrons. The molecule has 0 spiro atoms. The topological polar surface area (TPSA) is 80.2 Å². The summed E-state index contributed by atoms with van der Waals surface area (Å²) in [7, 11) is 0. The summed E-state index contributed by atoms with van der Waals surface area (Å²) < 4.78 is 15.6. The second kappa shape index (κ2) is 8.06. The lowest BCUT2D eigenvalue weighted by Gasteiger charge is -2.12. The van der Waals surface area contributed by atoms with E-state index in [1.807, 2.05) is 12.1 Å². The van der Waals surface area contributed by atoms with Gasteiger partial charge in [-0.15, -0.1) is 0 Å². The highest BCUT2D eigenvalue weighted by atomic mass is 16.7. The van der Waals surface area contributed by atoms with E-state index >= 15 is 0 Å². The quantitative estimate of drug-likeness (QED) is 0.571. The number of aliphatic hydroxyl groups excluding tert-OH is 2. The molecule has 0 amide bonds. The highest BCUT2D eigenvalue weighted by Crippen LogP contribution is 2.33. The molecule has 0 saturated carbocycles. The van der Waals surface area contributed by atoms with Crippen LogP contribution < -0.4 is 14.8 Å². The Morgan fingerprint density at radius 3 is 2.95 bits per heavy atom. The average Bonchev–Trinajstić information content (AvgIpc) is 2.93.